The summed E-state index contributed by atoms with van der Waals surface area (Å²) in [6, 6.07) is -0.627. The van der Waals surface area contributed by atoms with Crippen molar-refractivity contribution in [3.63, 3.8) is 0 Å². The molecule has 1 atom stereocenters. The van der Waals surface area contributed by atoms with Crippen LogP contribution in [0.25, 0.3) is 0 Å². The number of rotatable bonds is 9. The average Bonchev–Trinajstić information content (AvgIpc) is 2.40. The first-order valence-corrected chi connectivity index (χ1v) is 6.90. The Hall–Kier alpha value is -1.14. The van der Waals surface area contributed by atoms with E-state index in [0.717, 1.165) is 0 Å². The zero-order valence-electron chi connectivity index (χ0n) is 12.7. The van der Waals surface area contributed by atoms with E-state index in [1.165, 1.54) is 7.11 Å². The molecule has 0 fully saturated rings. The molecule has 0 spiro atoms. The number of carbonyl (C=O) groups is 2. The maximum Gasteiger partial charge on any atom is 0.242 e. The van der Waals surface area contributed by atoms with Crippen LogP contribution in [0.1, 0.15) is 34.1 Å². The lowest BCUT2D eigenvalue weighted by Crippen LogP contribution is -2.48. The third-order valence-corrected chi connectivity index (χ3v) is 3.13. The molecule has 0 aromatic heterocycles. The Balaban J connectivity index is 4.72. The van der Waals surface area contributed by atoms with Crippen LogP contribution < -0.4 is 5.48 Å². The summed E-state index contributed by atoms with van der Waals surface area (Å²) in [5.74, 6) is -0.146. The molecule has 0 heterocycles. The highest BCUT2D eigenvalue weighted by Crippen LogP contribution is 2.04. The van der Waals surface area contributed by atoms with E-state index < -0.39 is 6.04 Å². The van der Waals surface area contributed by atoms with Gasteiger partial charge in [0.05, 0.1) is 13.5 Å². The number of carbonyl (C=O) groups excluding carboxylic acids is 2. The second-order valence-corrected chi connectivity index (χ2v) is 4.16. The molecule has 19 heavy (non-hydrogen) atoms. The van der Waals surface area contributed by atoms with Gasteiger partial charge in [0.15, 0.2) is 0 Å². The molecule has 2 amide bonds. The summed E-state index contributed by atoms with van der Waals surface area (Å²) in [7, 11) is 1.45. The smallest absolute Gasteiger partial charge is 0.242 e. The van der Waals surface area contributed by atoms with Gasteiger partial charge in [0.2, 0.25) is 11.8 Å². The Morgan fingerprint density at radius 3 is 1.84 bits per heavy atom. The fourth-order valence-electron chi connectivity index (χ4n) is 1.96. The monoisotopic (exact) mass is 273 g/mol. The van der Waals surface area contributed by atoms with Crippen molar-refractivity contribution in [1.82, 2.24) is 15.3 Å². The van der Waals surface area contributed by atoms with Gasteiger partial charge in [-0.2, -0.15) is 5.48 Å². The highest BCUT2D eigenvalue weighted by atomic mass is 16.6. The van der Waals surface area contributed by atoms with Gasteiger partial charge in [-0.1, -0.05) is 0 Å². The summed E-state index contributed by atoms with van der Waals surface area (Å²) >= 11 is 0. The number of hydrogen-bond donors (Lipinski definition) is 1. The first-order chi connectivity index (χ1) is 9.05. The molecular weight excluding hydrogens is 246 g/mol. The van der Waals surface area contributed by atoms with Crippen LogP contribution in [0, 0.1) is 0 Å². The maximum atomic E-state index is 12.2. The zero-order chi connectivity index (χ0) is 14.8. The van der Waals surface area contributed by atoms with Crippen LogP contribution >= 0.6 is 0 Å². The van der Waals surface area contributed by atoms with Crippen molar-refractivity contribution in [3.8, 4) is 0 Å². The topological polar surface area (TPSA) is 61.9 Å². The fourth-order valence-corrected chi connectivity index (χ4v) is 1.96. The largest absolute Gasteiger partial charge is 0.343 e. The molecule has 1 unspecified atom stereocenters. The molecule has 0 saturated carbocycles. The third-order valence-electron chi connectivity index (χ3n) is 3.13. The molecule has 1 N–H and O–H groups in total. The number of amides is 2. The minimum atomic E-state index is -0.627. The second kappa shape index (κ2) is 9.75. The van der Waals surface area contributed by atoms with E-state index in [9.17, 15) is 9.59 Å². The molecule has 0 aromatic carbocycles. The number of nitrogens with zero attached hydrogens (tertiary/aromatic N) is 2. The molecule has 6 nitrogen and oxygen atoms in total. The summed E-state index contributed by atoms with van der Waals surface area (Å²) < 4.78 is 0. The van der Waals surface area contributed by atoms with Crippen LogP contribution in [0.2, 0.25) is 0 Å². The minimum absolute atomic E-state index is 0.0416. The van der Waals surface area contributed by atoms with Crippen molar-refractivity contribution in [2.45, 2.75) is 40.2 Å². The van der Waals surface area contributed by atoms with Gasteiger partial charge in [-0.3, -0.25) is 9.59 Å². The molecule has 0 radical (unpaired) electrons. The number of nitrogens with one attached hydrogen (secondary N) is 1. The third kappa shape index (κ3) is 5.57. The minimum Gasteiger partial charge on any atom is -0.343 e. The lowest BCUT2D eigenvalue weighted by Gasteiger charge is -2.26. The molecule has 0 rings (SSSR count). The molecule has 0 aromatic rings. The maximum absolute atomic E-state index is 12.2. The van der Waals surface area contributed by atoms with Crippen molar-refractivity contribution >= 4 is 11.8 Å². The van der Waals surface area contributed by atoms with E-state index >= 15 is 0 Å². The van der Waals surface area contributed by atoms with Gasteiger partial charge in [0.1, 0.15) is 6.04 Å². The van der Waals surface area contributed by atoms with Crippen LogP contribution in [-0.2, 0) is 14.4 Å². The second-order valence-electron chi connectivity index (χ2n) is 4.16. The van der Waals surface area contributed by atoms with Gasteiger partial charge in [0.25, 0.3) is 0 Å². The van der Waals surface area contributed by atoms with Gasteiger partial charge in [-0.15, -0.1) is 0 Å². The van der Waals surface area contributed by atoms with Crippen LogP contribution in [0.15, 0.2) is 0 Å². The first kappa shape index (κ1) is 17.9. The Kier molecular flexibility index (Phi) is 9.16. The summed E-state index contributed by atoms with van der Waals surface area (Å²) in [4.78, 5) is 32.5. The van der Waals surface area contributed by atoms with Gasteiger partial charge in [-0.25, -0.2) is 0 Å². The zero-order valence-corrected chi connectivity index (χ0v) is 12.7. The molecule has 6 heteroatoms. The van der Waals surface area contributed by atoms with Crippen LogP contribution in [-0.4, -0.2) is 60.9 Å². The molecule has 0 aliphatic heterocycles. The predicted molar refractivity (Wildman–Crippen MR) is 74.4 cm³/mol. The van der Waals surface area contributed by atoms with Crippen LogP contribution in [0.4, 0.5) is 0 Å². The van der Waals surface area contributed by atoms with Crippen LogP contribution in [0.3, 0.4) is 0 Å². The quantitative estimate of drug-likeness (QED) is 0.626. The lowest BCUT2D eigenvalue weighted by atomic mass is 10.1. The van der Waals surface area contributed by atoms with Crippen molar-refractivity contribution in [2.24, 2.45) is 0 Å². The summed E-state index contributed by atoms with van der Waals surface area (Å²) in [6.45, 7) is 10.2. The number of hydrogen-bond acceptors (Lipinski definition) is 4. The van der Waals surface area contributed by atoms with E-state index in [4.69, 9.17) is 4.84 Å². The van der Waals surface area contributed by atoms with E-state index in [-0.39, 0.29) is 18.2 Å². The van der Waals surface area contributed by atoms with Gasteiger partial charge in [-0.05, 0) is 27.7 Å². The lowest BCUT2D eigenvalue weighted by molar-refractivity contribution is -0.142. The predicted octanol–water partition coefficient (Wildman–Crippen LogP) is 0.633. The molecule has 0 aliphatic carbocycles. The van der Waals surface area contributed by atoms with E-state index in [2.05, 4.69) is 5.48 Å². The van der Waals surface area contributed by atoms with Crippen molar-refractivity contribution in [1.29, 1.82) is 0 Å². The van der Waals surface area contributed by atoms with Gasteiger partial charge in [0, 0.05) is 26.2 Å². The Morgan fingerprint density at radius 2 is 1.47 bits per heavy atom. The molecule has 112 valence electrons. The fraction of sp³-hybridized carbons (Fsp3) is 0.846. The Labute approximate surface area is 116 Å². The van der Waals surface area contributed by atoms with E-state index in [1.54, 1.807) is 9.80 Å². The standard InChI is InChI=1S/C13H27N3O3/c1-6-15(7-2)12(17)10-11(14-19-5)13(18)16(8-3)9-4/h11,14H,6-10H2,1-5H3. The van der Waals surface area contributed by atoms with Gasteiger partial charge >= 0.3 is 0 Å². The summed E-state index contributed by atoms with van der Waals surface area (Å²) in [5.41, 5.74) is 2.63. The highest BCUT2D eigenvalue weighted by Gasteiger charge is 2.26. The van der Waals surface area contributed by atoms with Crippen molar-refractivity contribution in [3.05, 3.63) is 0 Å². The molecular formula is C13H27N3O3. The van der Waals surface area contributed by atoms with E-state index in [0.29, 0.717) is 26.2 Å². The van der Waals surface area contributed by atoms with Gasteiger partial charge < -0.3 is 14.6 Å². The van der Waals surface area contributed by atoms with Crippen LogP contribution in [0.5, 0.6) is 0 Å². The SMILES string of the molecule is CCN(CC)C(=O)CC(NOC)C(=O)N(CC)CC. The first-order valence-electron chi connectivity index (χ1n) is 6.90. The molecule has 0 aliphatic rings. The van der Waals surface area contributed by atoms with E-state index in [1.807, 2.05) is 27.7 Å². The molecule has 0 saturated heterocycles. The number of hydroxylamine groups is 1. The molecule has 0 bridgehead atoms. The normalized spacial score (nSPS) is 12.1. The number of likely N-dealkylation sites (N-methyl/N-ethyl adjacent to an activating group) is 1. The Bertz CT molecular complexity index is 276. The highest BCUT2D eigenvalue weighted by molar-refractivity contribution is 5.88. The summed E-state index contributed by atoms with van der Waals surface area (Å²) in [6.07, 6.45) is 0.116. The summed E-state index contributed by atoms with van der Waals surface area (Å²) in [5, 5.41) is 0. The average molecular weight is 273 g/mol. The Morgan fingerprint density at radius 1 is 1.00 bits per heavy atom. The van der Waals surface area contributed by atoms with Crippen molar-refractivity contribution in [2.75, 3.05) is 33.3 Å². The van der Waals surface area contributed by atoms with Crippen molar-refractivity contribution < 1.29 is 14.4 Å².